The lowest BCUT2D eigenvalue weighted by atomic mass is 9.92. The molecule has 4 rings (SSSR count). The normalized spacial score (nSPS) is 14.9. The summed E-state index contributed by atoms with van der Waals surface area (Å²) in [6.07, 6.45) is 6.02. The predicted octanol–water partition coefficient (Wildman–Crippen LogP) is 4.33. The number of rotatable bonds is 4. The fourth-order valence-corrected chi connectivity index (χ4v) is 4.04. The maximum Gasteiger partial charge on any atom is 0.255 e. The van der Waals surface area contributed by atoms with Crippen LogP contribution in [-0.2, 0) is 6.42 Å². The first kappa shape index (κ1) is 19.3. The van der Waals surface area contributed by atoms with Crippen molar-refractivity contribution in [2.75, 3.05) is 13.1 Å². The molecule has 1 fully saturated rings. The Kier molecular flexibility index (Phi) is 5.43. The van der Waals surface area contributed by atoms with Gasteiger partial charge in [-0.05, 0) is 50.5 Å². The van der Waals surface area contributed by atoms with E-state index in [1.54, 1.807) is 12.4 Å². The number of hydrogen-bond donors (Lipinski definition) is 0. The predicted molar refractivity (Wildman–Crippen MR) is 111 cm³/mol. The molecule has 0 spiro atoms. The zero-order valence-electron chi connectivity index (χ0n) is 17.2. The number of carbonyl (C=O) groups is 1. The van der Waals surface area contributed by atoms with E-state index < -0.39 is 0 Å². The molecule has 0 aliphatic carbocycles. The van der Waals surface area contributed by atoms with Gasteiger partial charge in [-0.1, -0.05) is 18.1 Å². The van der Waals surface area contributed by atoms with Crippen LogP contribution in [0.4, 0.5) is 0 Å². The summed E-state index contributed by atoms with van der Waals surface area (Å²) in [4.78, 5) is 23.8. The lowest BCUT2D eigenvalue weighted by Crippen LogP contribution is -2.38. The summed E-state index contributed by atoms with van der Waals surface area (Å²) in [5.41, 5.74) is 5.55. The molecule has 3 aromatic rings. The Morgan fingerprint density at radius 3 is 2.72 bits per heavy atom. The first-order valence-corrected chi connectivity index (χ1v) is 10.2. The molecule has 1 aliphatic heterocycles. The molecule has 1 amide bonds. The van der Waals surface area contributed by atoms with Gasteiger partial charge in [-0.15, -0.1) is 0 Å². The number of likely N-dealkylation sites (tertiary alicyclic amines) is 1. The summed E-state index contributed by atoms with van der Waals surface area (Å²) >= 11 is 0. The van der Waals surface area contributed by atoms with Gasteiger partial charge in [0, 0.05) is 43.5 Å². The summed E-state index contributed by atoms with van der Waals surface area (Å²) in [7, 11) is 0. The van der Waals surface area contributed by atoms with Crippen molar-refractivity contribution in [2.24, 2.45) is 0 Å². The van der Waals surface area contributed by atoms with Crippen molar-refractivity contribution in [3.8, 4) is 11.3 Å². The quantitative estimate of drug-likeness (QED) is 0.663. The van der Waals surface area contributed by atoms with E-state index in [2.05, 4.69) is 29.2 Å². The number of pyridine rings is 2. The van der Waals surface area contributed by atoms with Crippen LogP contribution in [0.1, 0.15) is 58.8 Å². The standard InChI is InChI=1S/C23H26N4O2/c1-4-21-22(16(3)26-29-21)20-7-5-6-19(25-20)17-8-10-27(11-9-17)23(28)18-12-15(2)13-24-14-18/h5-7,12-14,17H,4,8-11H2,1-3H3. The molecule has 0 radical (unpaired) electrons. The summed E-state index contributed by atoms with van der Waals surface area (Å²) < 4.78 is 5.44. The number of nitrogens with zero attached hydrogens (tertiary/aromatic N) is 4. The van der Waals surface area contributed by atoms with E-state index in [1.807, 2.05) is 30.9 Å². The van der Waals surface area contributed by atoms with Crippen molar-refractivity contribution in [1.29, 1.82) is 0 Å². The van der Waals surface area contributed by atoms with Gasteiger partial charge in [0.1, 0.15) is 5.76 Å². The lowest BCUT2D eigenvalue weighted by molar-refractivity contribution is 0.0711. The molecule has 29 heavy (non-hydrogen) atoms. The summed E-state index contributed by atoms with van der Waals surface area (Å²) in [5.74, 6) is 1.29. The van der Waals surface area contributed by atoms with E-state index in [1.165, 1.54) is 0 Å². The molecule has 0 unspecified atom stereocenters. The summed E-state index contributed by atoms with van der Waals surface area (Å²) in [5, 5.41) is 4.11. The number of hydrogen-bond acceptors (Lipinski definition) is 5. The van der Waals surface area contributed by atoms with Crippen LogP contribution in [0.2, 0.25) is 0 Å². The zero-order valence-corrected chi connectivity index (χ0v) is 17.2. The molecular weight excluding hydrogens is 364 g/mol. The van der Waals surface area contributed by atoms with Crippen LogP contribution >= 0.6 is 0 Å². The maximum absolute atomic E-state index is 12.8. The molecule has 0 N–H and O–H groups in total. The van der Waals surface area contributed by atoms with Gasteiger partial charge in [-0.25, -0.2) is 0 Å². The minimum atomic E-state index is 0.0639. The van der Waals surface area contributed by atoms with Gasteiger partial charge < -0.3 is 9.42 Å². The Morgan fingerprint density at radius 2 is 2.00 bits per heavy atom. The van der Waals surface area contributed by atoms with Crippen molar-refractivity contribution in [3.63, 3.8) is 0 Å². The Morgan fingerprint density at radius 1 is 1.21 bits per heavy atom. The van der Waals surface area contributed by atoms with Gasteiger partial charge >= 0.3 is 0 Å². The topological polar surface area (TPSA) is 72.1 Å². The highest BCUT2D eigenvalue weighted by Gasteiger charge is 2.26. The Balaban J connectivity index is 1.48. The van der Waals surface area contributed by atoms with E-state index in [-0.39, 0.29) is 5.91 Å². The van der Waals surface area contributed by atoms with Crippen LogP contribution in [0.3, 0.4) is 0 Å². The van der Waals surface area contributed by atoms with Crippen LogP contribution in [0.5, 0.6) is 0 Å². The smallest absolute Gasteiger partial charge is 0.255 e. The highest BCUT2D eigenvalue weighted by atomic mass is 16.5. The SMILES string of the molecule is CCc1onc(C)c1-c1cccc(C2CCN(C(=O)c3cncc(C)c3)CC2)n1. The van der Waals surface area contributed by atoms with Crippen LogP contribution in [0.15, 0.2) is 41.2 Å². The third-order valence-corrected chi connectivity index (χ3v) is 5.60. The lowest BCUT2D eigenvalue weighted by Gasteiger charge is -2.32. The summed E-state index contributed by atoms with van der Waals surface area (Å²) in [6.45, 7) is 7.43. The minimum absolute atomic E-state index is 0.0639. The van der Waals surface area contributed by atoms with Gasteiger partial charge in [0.25, 0.3) is 5.91 Å². The average molecular weight is 390 g/mol. The molecule has 6 nitrogen and oxygen atoms in total. The van der Waals surface area contributed by atoms with Crippen molar-refractivity contribution < 1.29 is 9.32 Å². The van der Waals surface area contributed by atoms with Crippen molar-refractivity contribution in [1.82, 2.24) is 20.0 Å². The second kappa shape index (κ2) is 8.15. The maximum atomic E-state index is 12.8. The van der Waals surface area contributed by atoms with Crippen molar-refractivity contribution in [2.45, 2.75) is 46.0 Å². The molecule has 150 valence electrons. The van der Waals surface area contributed by atoms with Gasteiger partial charge in [0.2, 0.25) is 0 Å². The Bertz CT molecular complexity index is 1020. The first-order chi connectivity index (χ1) is 14.1. The molecule has 0 bridgehead atoms. The summed E-state index contributed by atoms with van der Waals surface area (Å²) in [6, 6.07) is 8.06. The minimum Gasteiger partial charge on any atom is -0.360 e. The van der Waals surface area contributed by atoms with Crippen LogP contribution < -0.4 is 0 Å². The van der Waals surface area contributed by atoms with E-state index in [9.17, 15) is 4.79 Å². The van der Waals surface area contributed by atoms with Gasteiger partial charge in [-0.2, -0.15) is 0 Å². The van der Waals surface area contributed by atoms with Crippen LogP contribution in [-0.4, -0.2) is 39.0 Å². The van der Waals surface area contributed by atoms with E-state index in [4.69, 9.17) is 9.51 Å². The molecule has 6 heteroatoms. The van der Waals surface area contributed by atoms with E-state index in [0.717, 1.165) is 66.3 Å². The first-order valence-electron chi connectivity index (χ1n) is 10.2. The second-order valence-corrected chi connectivity index (χ2v) is 7.68. The fraction of sp³-hybridized carbons (Fsp3) is 0.391. The molecule has 0 atom stereocenters. The fourth-order valence-electron chi connectivity index (χ4n) is 4.04. The Hall–Kier alpha value is -3.02. The van der Waals surface area contributed by atoms with Crippen LogP contribution in [0, 0.1) is 13.8 Å². The zero-order chi connectivity index (χ0) is 20.4. The largest absolute Gasteiger partial charge is 0.360 e. The van der Waals surface area contributed by atoms with E-state index >= 15 is 0 Å². The van der Waals surface area contributed by atoms with E-state index in [0.29, 0.717) is 11.5 Å². The monoisotopic (exact) mass is 390 g/mol. The molecule has 1 saturated heterocycles. The number of amides is 1. The molecular formula is C23H26N4O2. The van der Waals surface area contributed by atoms with Gasteiger partial charge in [0.05, 0.1) is 22.5 Å². The van der Waals surface area contributed by atoms with Gasteiger partial charge in [0.15, 0.2) is 0 Å². The number of carbonyl (C=O) groups excluding carboxylic acids is 1. The third kappa shape index (κ3) is 3.92. The second-order valence-electron chi connectivity index (χ2n) is 7.68. The molecule has 0 saturated carbocycles. The van der Waals surface area contributed by atoms with Crippen molar-refractivity contribution in [3.05, 3.63) is 64.9 Å². The molecule has 0 aromatic carbocycles. The molecule has 1 aliphatic rings. The van der Waals surface area contributed by atoms with Crippen molar-refractivity contribution >= 4 is 5.91 Å². The highest BCUT2D eigenvalue weighted by molar-refractivity contribution is 5.94. The number of aryl methyl sites for hydroxylation is 3. The van der Waals surface area contributed by atoms with Gasteiger partial charge in [-0.3, -0.25) is 14.8 Å². The highest BCUT2D eigenvalue weighted by Crippen LogP contribution is 2.31. The number of piperidine rings is 1. The van der Waals surface area contributed by atoms with Crippen LogP contribution in [0.25, 0.3) is 11.3 Å². The number of aromatic nitrogens is 3. The average Bonchev–Trinajstić information content (AvgIpc) is 3.14. The molecule has 3 aromatic heterocycles. The third-order valence-electron chi connectivity index (χ3n) is 5.60. The Labute approximate surface area is 171 Å². The molecule has 4 heterocycles.